The number of aromatic nitrogens is 4. The highest BCUT2D eigenvalue weighted by Gasteiger charge is 2.36. The fourth-order valence-corrected chi connectivity index (χ4v) is 6.25. The largest absolute Gasteiger partial charge is 0.427 e. The highest BCUT2D eigenvalue weighted by Crippen LogP contribution is 2.37. The van der Waals surface area contributed by atoms with E-state index in [1.54, 1.807) is 0 Å². The second-order valence-corrected chi connectivity index (χ2v) is 12.1. The number of anilines is 2. The van der Waals surface area contributed by atoms with Gasteiger partial charge in [-0.3, -0.25) is 5.32 Å². The SMILES string of the molecule is CC1CCC(Cn2c(N3CCC(C)(O)C3)nc3nc(C4NOC(=O)N4)nc(N[C@H](C)C4CCC4)c32)CC1. The van der Waals surface area contributed by atoms with Crippen LogP contribution in [0.15, 0.2) is 0 Å². The van der Waals surface area contributed by atoms with Gasteiger partial charge in [0.1, 0.15) is 5.52 Å². The lowest BCUT2D eigenvalue weighted by molar-refractivity contribution is 0.0838. The van der Waals surface area contributed by atoms with Crippen LogP contribution in [0.25, 0.3) is 11.2 Å². The first-order valence-electron chi connectivity index (χ1n) is 14.0. The number of amides is 1. The molecule has 4 aliphatic rings. The molecule has 37 heavy (non-hydrogen) atoms. The molecule has 2 saturated carbocycles. The number of β-amino-alcohol motifs (C(OH)–C–C–N with tert-alkyl or cyclic N) is 1. The van der Waals surface area contributed by atoms with Gasteiger partial charge >= 0.3 is 6.09 Å². The van der Waals surface area contributed by atoms with Gasteiger partial charge in [0.25, 0.3) is 0 Å². The Bertz CT molecular complexity index is 1150. The fraction of sp³-hybridized carbons (Fsp3) is 0.769. The number of hydroxylamine groups is 1. The molecule has 202 valence electrons. The first-order valence-corrected chi connectivity index (χ1v) is 14.0. The minimum Gasteiger partial charge on any atom is -0.388 e. The molecule has 4 fully saturated rings. The van der Waals surface area contributed by atoms with E-state index >= 15 is 0 Å². The summed E-state index contributed by atoms with van der Waals surface area (Å²) in [5.74, 6) is 3.97. The quantitative estimate of drug-likeness (QED) is 0.441. The lowest BCUT2D eigenvalue weighted by Gasteiger charge is -2.32. The fourth-order valence-electron chi connectivity index (χ4n) is 6.25. The Morgan fingerprint density at radius 2 is 1.97 bits per heavy atom. The van der Waals surface area contributed by atoms with E-state index in [0.717, 1.165) is 36.3 Å². The number of aliphatic hydroxyl groups is 1. The third kappa shape index (κ3) is 4.95. The van der Waals surface area contributed by atoms with Crippen molar-refractivity contribution in [2.45, 2.75) is 96.5 Å². The maximum Gasteiger partial charge on any atom is 0.427 e. The van der Waals surface area contributed by atoms with Gasteiger partial charge in [0.2, 0.25) is 5.95 Å². The molecule has 3 atom stereocenters. The highest BCUT2D eigenvalue weighted by molar-refractivity contribution is 5.86. The van der Waals surface area contributed by atoms with E-state index in [9.17, 15) is 9.90 Å². The molecule has 11 heteroatoms. The Labute approximate surface area is 217 Å². The first-order chi connectivity index (χ1) is 17.8. The van der Waals surface area contributed by atoms with Crippen molar-refractivity contribution < 1.29 is 14.7 Å². The summed E-state index contributed by atoms with van der Waals surface area (Å²) in [4.78, 5) is 33.6. The Balaban J connectivity index is 1.44. The molecule has 0 aromatic carbocycles. The summed E-state index contributed by atoms with van der Waals surface area (Å²) in [5, 5.41) is 17.2. The molecule has 2 saturated heterocycles. The van der Waals surface area contributed by atoms with Crippen LogP contribution in [0.1, 0.15) is 84.1 Å². The van der Waals surface area contributed by atoms with Gasteiger partial charge in [-0.15, -0.1) is 5.48 Å². The second kappa shape index (κ2) is 9.58. The molecule has 0 radical (unpaired) electrons. The zero-order valence-electron chi connectivity index (χ0n) is 22.2. The number of fused-ring (bicyclic) bond motifs is 1. The van der Waals surface area contributed by atoms with E-state index in [0.29, 0.717) is 36.3 Å². The Hall–Kier alpha value is -2.66. The van der Waals surface area contributed by atoms with E-state index in [1.165, 1.54) is 44.9 Å². The number of carbonyl (C=O) groups is 1. The number of rotatable bonds is 7. The van der Waals surface area contributed by atoms with Crippen LogP contribution in [0.3, 0.4) is 0 Å². The number of nitrogens with zero attached hydrogens (tertiary/aromatic N) is 5. The molecule has 0 spiro atoms. The monoisotopic (exact) mass is 512 g/mol. The molecule has 4 heterocycles. The van der Waals surface area contributed by atoms with Crippen LogP contribution < -0.4 is 21.0 Å². The van der Waals surface area contributed by atoms with Crippen molar-refractivity contribution in [2.24, 2.45) is 17.8 Å². The third-order valence-electron chi connectivity index (χ3n) is 8.92. The summed E-state index contributed by atoms with van der Waals surface area (Å²) in [6, 6.07) is 0.261. The van der Waals surface area contributed by atoms with Crippen LogP contribution in [-0.4, -0.2) is 55.5 Å². The summed E-state index contributed by atoms with van der Waals surface area (Å²) < 4.78 is 2.30. The smallest absolute Gasteiger partial charge is 0.388 e. The molecule has 0 bridgehead atoms. The van der Waals surface area contributed by atoms with E-state index in [1.807, 2.05) is 6.92 Å². The highest BCUT2D eigenvalue weighted by atomic mass is 16.7. The zero-order chi connectivity index (χ0) is 25.7. The van der Waals surface area contributed by atoms with Crippen LogP contribution >= 0.6 is 0 Å². The van der Waals surface area contributed by atoms with Crippen molar-refractivity contribution in [3.8, 4) is 0 Å². The normalized spacial score (nSPS) is 31.3. The van der Waals surface area contributed by atoms with Crippen LogP contribution in [0, 0.1) is 17.8 Å². The topological polar surface area (TPSA) is 129 Å². The van der Waals surface area contributed by atoms with Crippen molar-refractivity contribution in [3.63, 3.8) is 0 Å². The average Bonchev–Trinajstić information content (AvgIpc) is 3.50. The van der Waals surface area contributed by atoms with E-state index in [4.69, 9.17) is 19.8 Å². The van der Waals surface area contributed by atoms with Gasteiger partial charge in [-0.2, -0.15) is 4.98 Å². The van der Waals surface area contributed by atoms with Crippen LogP contribution in [0.5, 0.6) is 0 Å². The summed E-state index contributed by atoms with van der Waals surface area (Å²) >= 11 is 0. The maximum absolute atomic E-state index is 11.7. The van der Waals surface area contributed by atoms with E-state index < -0.39 is 17.9 Å². The molecule has 2 aliphatic carbocycles. The third-order valence-corrected chi connectivity index (χ3v) is 8.92. The summed E-state index contributed by atoms with van der Waals surface area (Å²) in [5.41, 5.74) is 3.44. The molecule has 2 aromatic heterocycles. The molecular formula is C26H40N8O3. The molecule has 6 rings (SSSR count). The van der Waals surface area contributed by atoms with Crippen molar-refractivity contribution >= 4 is 29.0 Å². The van der Waals surface area contributed by atoms with Crippen LogP contribution in [0.4, 0.5) is 16.6 Å². The summed E-state index contributed by atoms with van der Waals surface area (Å²) in [6.07, 6.45) is 8.13. The van der Waals surface area contributed by atoms with Crippen LogP contribution in [0.2, 0.25) is 0 Å². The molecular weight excluding hydrogens is 472 g/mol. The minimum atomic E-state index is -0.741. The number of carbonyl (C=O) groups excluding carboxylic acids is 1. The van der Waals surface area contributed by atoms with Crippen molar-refractivity contribution in [2.75, 3.05) is 23.3 Å². The number of hydrogen-bond donors (Lipinski definition) is 4. The van der Waals surface area contributed by atoms with Gasteiger partial charge in [-0.1, -0.05) is 26.2 Å². The average molecular weight is 513 g/mol. The van der Waals surface area contributed by atoms with Gasteiger partial charge in [0.15, 0.2) is 23.5 Å². The van der Waals surface area contributed by atoms with Crippen LogP contribution in [-0.2, 0) is 11.4 Å². The number of imidazole rings is 1. The second-order valence-electron chi connectivity index (χ2n) is 12.1. The summed E-state index contributed by atoms with van der Waals surface area (Å²) in [6.45, 7) is 8.59. The Morgan fingerprint density at radius 3 is 2.59 bits per heavy atom. The Kier molecular flexibility index (Phi) is 6.38. The van der Waals surface area contributed by atoms with Gasteiger partial charge < -0.3 is 24.7 Å². The van der Waals surface area contributed by atoms with E-state index in [2.05, 4.69) is 39.4 Å². The lowest BCUT2D eigenvalue weighted by atomic mass is 9.80. The minimum absolute atomic E-state index is 0.261. The van der Waals surface area contributed by atoms with Gasteiger partial charge in [-0.25, -0.2) is 14.8 Å². The number of hydrogen-bond acceptors (Lipinski definition) is 9. The standard InChI is InChI=1S/C26H40N8O3/c1-15-7-9-17(10-8-15)13-34-19-20(27-16(2)18-5-4-6-18)28-22(23-31-25(35)37-32-23)29-21(19)30-24(34)33-12-11-26(3,36)14-33/h15-18,23,32,36H,4-14H2,1-3H3,(H,31,35)(H,27,28,29)/t15?,16-,17?,23?,26?/m1/s1. The zero-order valence-corrected chi connectivity index (χ0v) is 22.2. The molecule has 1 amide bonds. The van der Waals surface area contributed by atoms with Gasteiger partial charge in [0, 0.05) is 25.7 Å². The molecule has 2 aliphatic heterocycles. The van der Waals surface area contributed by atoms with Crippen molar-refractivity contribution in [3.05, 3.63) is 5.82 Å². The molecule has 2 unspecified atom stereocenters. The first kappa shape index (κ1) is 24.7. The lowest BCUT2D eigenvalue weighted by Crippen LogP contribution is -2.33. The Morgan fingerprint density at radius 1 is 1.19 bits per heavy atom. The van der Waals surface area contributed by atoms with E-state index in [-0.39, 0.29) is 6.04 Å². The predicted octanol–water partition coefficient (Wildman–Crippen LogP) is 3.46. The predicted molar refractivity (Wildman–Crippen MR) is 140 cm³/mol. The van der Waals surface area contributed by atoms with Gasteiger partial charge in [-0.05, 0) is 63.7 Å². The molecule has 11 nitrogen and oxygen atoms in total. The molecule has 4 N–H and O–H groups in total. The molecule has 2 aromatic rings. The summed E-state index contributed by atoms with van der Waals surface area (Å²) in [7, 11) is 0. The maximum atomic E-state index is 11.7. The van der Waals surface area contributed by atoms with Crippen molar-refractivity contribution in [1.82, 2.24) is 30.3 Å². The van der Waals surface area contributed by atoms with Gasteiger partial charge in [0.05, 0.1) is 5.60 Å². The van der Waals surface area contributed by atoms with Crippen molar-refractivity contribution in [1.29, 1.82) is 0 Å². The number of nitrogens with one attached hydrogen (secondary N) is 3.